The van der Waals surface area contributed by atoms with Crippen LogP contribution in [-0.2, 0) is 0 Å². The van der Waals surface area contributed by atoms with Gasteiger partial charge < -0.3 is 10.5 Å². The molecule has 0 amide bonds. The number of hydrogen-bond acceptors (Lipinski definition) is 2. The highest BCUT2D eigenvalue weighted by molar-refractivity contribution is 5.85. The van der Waals surface area contributed by atoms with E-state index in [1.807, 2.05) is 0 Å². The van der Waals surface area contributed by atoms with Gasteiger partial charge >= 0.3 is 0 Å². The van der Waals surface area contributed by atoms with Gasteiger partial charge in [-0.05, 0) is 61.8 Å². The molecule has 2 aliphatic carbocycles. The number of hydrogen-bond donors (Lipinski definition) is 1. The Balaban J connectivity index is 0.00000120. The van der Waals surface area contributed by atoms with Gasteiger partial charge in [-0.3, -0.25) is 0 Å². The van der Waals surface area contributed by atoms with Crippen molar-refractivity contribution in [2.45, 2.75) is 25.2 Å². The van der Waals surface area contributed by atoms with Crippen LogP contribution in [0.3, 0.4) is 0 Å². The molecule has 2 N–H and O–H groups in total. The Kier molecular flexibility index (Phi) is 4.13. The van der Waals surface area contributed by atoms with Crippen molar-refractivity contribution in [3.8, 4) is 5.75 Å². The normalized spacial score (nSPS) is 25.4. The van der Waals surface area contributed by atoms with Gasteiger partial charge in [0.05, 0.1) is 6.61 Å². The lowest BCUT2D eigenvalue weighted by atomic mass is 10.1. The van der Waals surface area contributed by atoms with Crippen LogP contribution in [0, 0.1) is 17.7 Å². The molecule has 0 spiro atoms. The summed E-state index contributed by atoms with van der Waals surface area (Å²) < 4.78 is 19.1. The van der Waals surface area contributed by atoms with Crippen molar-refractivity contribution in [3.05, 3.63) is 29.6 Å². The third-order valence-electron chi connectivity index (χ3n) is 3.77. The highest BCUT2D eigenvalue weighted by Crippen LogP contribution is 2.50. The molecule has 18 heavy (non-hydrogen) atoms. The molecule has 0 aromatic heterocycles. The maximum Gasteiger partial charge on any atom is 0.123 e. The molecule has 0 aliphatic heterocycles. The highest BCUT2D eigenvalue weighted by atomic mass is 35.5. The average molecular weight is 272 g/mol. The second-order valence-corrected chi connectivity index (χ2v) is 5.27. The van der Waals surface area contributed by atoms with E-state index in [2.05, 4.69) is 0 Å². The molecule has 100 valence electrons. The Hall–Kier alpha value is -0.800. The minimum atomic E-state index is -0.179. The van der Waals surface area contributed by atoms with E-state index in [9.17, 15) is 4.39 Å². The average Bonchev–Trinajstić information content (AvgIpc) is 3.21. The summed E-state index contributed by atoms with van der Waals surface area (Å²) in [4.78, 5) is 0. The summed E-state index contributed by atoms with van der Waals surface area (Å²) >= 11 is 0. The van der Waals surface area contributed by atoms with Crippen molar-refractivity contribution < 1.29 is 9.13 Å². The molecule has 0 radical (unpaired) electrons. The predicted molar refractivity (Wildman–Crippen MR) is 71.8 cm³/mol. The van der Waals surface area contributed by atoms with Gasteiger partial charge in [-0.25, -0.2) is 4.39 Å². The summed E-state index contributed by atoms with van der Waals surface area (Å²) in [5, 5.41) is 0. The van der Waals surface area contributed by atoms with E-state index in [0.717, 1.165) is 30.3 Å². The van der Waals surface area contributed by atoms with E-state index in [-0.39, 0.29) is 18.2 Å². The number of ether oxygens (including phenoxy) is 1. The summed E-state index contributed by atoms with van der Waals surface area (Å²) in [6, 6.07) is 4.85. The minimum absolute atomic E-state index is 0. The molecule has 2 aliphatic rings. The van der Waals surface area contributed by atoms with Crippen LogP contribution in [0.4, 0.5) is 4.39 Å². The van der Waals surface area contributed by atoms with Crippen molar-refractivity contribution in [1.82, 2.24) is 0 Å². The Morgan fingerprint density at radius 2 is 2.11 bits per heavy atom. The molecule has 1 aromatic rings. The first-order valence-corrected chi connectivity index (χ1v) is 6.40. The predicted octanol–water partition coefficient (Wildman–Crippen LogP) is 3.10. The molecule has 2 atom stereocenters. The van der Waals surface area contributed by atoms with Crippen molar-refractivity contribution >= 4 is 12.4 Å². The summed E-state index contributed by atoms with van der Waals surface area (Å²) in [7, 11) is 0. The molecular weight excluding hydrogens is 253 g/mol. The van der Waals surface area contributed by atoms with Gasteiger partial charge in [-0.2, -0.15) is 0 Å². The summed E-state index contributed by atoms with van der Waals surface area (Å²) in [5.41, 5.74) is 6.66. The van der Waals surface area contributed by atoms with E-state index >= 15 is 0 Å². The van der Waals surface area contributed by atoms with Crippen LogP contribution in [0.1, 0.15) is 30.7 Å². The fourth-order valence-electron chi connectivity index (χ4n) is 2.32. The standard InChI is InChI=1S/C14H18FNO.ClH/c15-11-3-4-14(17-8-9-1-2-9)13(6-11)12-5-10(12)7-16;/h3-4,6,9-10,12H,1-2,5,7-8,16H2;1H. The Morgan fingerprint density at radius 3 is 2.72 bits per heavy atom. The molecule has 0 bridgehead atoms. The first kappa shape index (κ1) is 13.6. The lowest BCUT2D eigenvalue weighted by Gasteiger charge is -2.11. The Labute approximate surface area is 113 Å². The van der Waals surface area contributed by atoms with Gasteiger partial charge in [0, 0.05) is 5.56 Å². The summed E-state index contributed by atoms with van der Waals surface area (Å²) in [6.45, 7) is 1.46. The highest BCUT2D eigenvalue weighted by Gasteiger charge is 2.39. The molecule has 2 fully saturated rings. The second-order valence-electron chi connectivity index (χ2n) is 5.27. The van der Waals surface area contributed by atoms with Crippen LogP contribution < -0.4 is 10.5 Å². The third kappa shape index (κ3) is 2.96. The van der Waals surface area contributed by atoms with Crippen LogP contribution in [0.25, 0.3) is 0 Å². The van der Waals surface area contributed by atoms with Gasteiger partial charge in [0.25, 0.3) is 0 Å². The fourth-order valence-corrected chi connectivity index (χ4v) is 2.32. The zero-order chi connectivity index (χ0) is 11.8. The van der Waals surface area contributed by atoms with Gasteiger partial charge in [-0.1, -0.05) is 0 Å². The van der Waals surface area contributed by atoms with Crippen LogP contribution in [0.5, 0.6) is 5.75 Å². The minimum Gasteiger partial charge on any atom is -0.493 e. The largest absolute Gasteiger partial charge is 0.493 e. The zero-order valence-corrected chi connectivity index (χ0v) is 11.1. The van der Waals surface area contributed by atoms with Gasteiger partial charge in [0.2, 0.25) is 0 Å². The molecule has 0 heterocycles. The monoisotopic (exact) mass is 271 g/mol. The van der Waals surface area contributed by atoms with Crippen LogP contribution in [-0.4, -0.2) is 13.2 Å². The van der Waals surface area contributed by atoms with Crippen molar-refractivity contribution in [1.29, 1.82) is 0 Å². The molecule has 2 saturated carbocycles. The smallest absolute Gasteiger partial charge is 0.123 e. The Bertz CT molecular complexity index is 422. The summed E-state index contributed by atoms with van der Waals surface area (Å²) in [6.07, 6.45) is 3.61. The number of halogens is 2. The topological polar surface area (TPSA) is 35.2 Å². The van der Waals surface area contributed by atoms with Gasteiger partial charge in [0.1, 0.15) is 11.6 Å². The number of rotatable bonds is 5. The Morgan fingerprint density at radius 1 is 1.33 bits per heavy atom. The molecule has 2 nitrogen and oxygen atoms in total. The zero-order valence-electron chi connectivity index (χ0n) is 10.3. The number of benzene rings is 1. The molecule has 3 rings (SSSR count). The molecule has 2 unspecified atom stereocenters. The lowest BCUT2D eigenvalue weighted by molar-refractivity contribution is 0.296. The quantitative estimate of drug-likeness (QED) is 0.893. The summed E-state index contributed by atoms with van der Waals surface area (Å²) in [5.74, 6) is 2.32. The van der Waals surface area contributed by atoms with Crippen molar-refractivity contribution in [3.63, 3.8) is 0 Å². The molecular formula is C14H19ClFNO. The maximum atomic E-state index is 13.3. The van der Waals surface area contributed by atoms with E-state index in [1.165, 1.54) is 18.9 Å². The van der Waals surface area contributed by atoms with Crippen molar-refractivity contribution in [2.24, 2.45) is 17.6 Å². The lowest BCUT2D eigenvalue weighted by Crippen LogP contribution is -2.05. The number of nitrogens with two attached hydrogens (primary N) is 1. The van der Waals surface area contributed by atoms with E-state index < -0.39 is 0 Å². The first-order chi connectivity index (χ1) is 8.28. The first-order valence-electron chi connectivity index (χ1n) is 6.40. The van der Waals surface area contributed by atoms with Crippen LogP contribution in [0.2, 0.25) is 0 Å². The van der Waals surface area contributed by atoms with E-state index in [4.69, 9.17) is 10.5 Å². The van der Waals surface area contributed by atoms with Crippen LogP contribution >= 0.6 is 12.4 Å². The molecule has 0 saturated heterocycles. The van der Waals surface area contributed by atoms with E-state index in [0.29, 0.717) is 18.4 Å². The SMILES string of the molecule is Cl.NCC1CC1c1cc(F)ccc1OCC1CC1. The van der Waals surface area contributed by atoms with E-state index in [1.54, 1.807) is 12.1 Å². The van der Waals surface area contributed by atoms with Crippen molar-refractivity contribution in [2.75, 3.05) is 13.2 Å². The van der Waals surface area contributed by atoms with Crippen LogP contribution in [0.15, 0.2) is 18.2 Å². The third-order valence-corrected chi connectivity index (χ3v) is 3.77. The molecule has 1 aromatic carbocycles. The maximum absolute atomic E-state index is 13.3. The van der Waals surface area contributed by atoms with Gasteiger partial charge in [0.15, 0.2) is 0 Å². The van der Waals surface area contributed by atoms with Gasteiger partial charge in [-0.15, -0.1) is 12.4 Å². The molecule has 4 heteroatoms. The second kappa shape index (κ2) is 5.45. The fraction of sp³-hybridized carbons (Fsp3) is 0.571.